The first-order valence-electron chi connectivity index (χ1n) is 9.00. The van der Waals surface area contributed by atoms with E-state index in [1.807, 2.05) is 47.6 Å². The Morgan fingerprint density at radius 1 is 0.933 bits per heavy atom. The van der Waals surface area contributed by atoms with Crippen molar-refractivity contribution in [2.45, 2.75) is 59.3 Å². The van der Waals surface area contributed by atoms with Crippen molar-refractivity contribution in [3.8, 4) is 12.1 Å². The highest BCUT2D eigenvalue weighted by molar-refractivity contribution is 5.89. The minimum atomic E-state index is -1.27. The van der Waals surface area contributed by atoms with Gasteiger partial charge in [-0.05, 0) is 6.92 Å². The number of carboxylic acid groups (broad SMARTS) is 1. The van der Waals surface area contributed by atoms with Crippen molar-refractivity contribution in [1.29, 1.82) is 10.5 Å². The van der Waals surface area contributed by atoms with Crippen LogP contribution in [0.4, 0.5) is 0 Å². The standard InChI is InChI=1S/C11H14N2O3.C9H10N2O3/c1-5-15-10(14)8-7(6-12)9(13-16-8)11(2,3)4;1-9(2,3)7-5(4-10)6(8(12)13)14-11-7/h5H2,1-4H3;1-3H3,(H,12,13). The number of nitriles is 2. The van der Waals surface area contributed by atoms with E-state index in [1.54, 1.807) is 13.0 Å². The second kappa shape index (κ2) is 9.23. The molecule has 0 bridgehead atoms. The van der Waals surface area contributed by atoms with Crippen LogP contribution >= 0.6 is 0 Å². The number of aromatic nitrogens is 2. The summed E-state index contributed by atoms with van der Waals surface area (Å²) in [6.45, 7) is 13.1. The zero-order valence-electron chi connectivity index (χ0n) is 18.0. The molecule has 160 valence electrons. The number of rotatable bonds is 3. The molecule has 0 radical (unpaired) electrons. The summed E-state index contributed by atoms with van der Waals surface area (Å²) < 4.78 is 14.3. The van der Waals surface area contributed by atoms with Gasteiger partial charge in [0.15, 0.2) is 0 Å². The molecule has 30 heavy (non-hydrogen) atoms. The van der Waals surface area contributed by atoms with Crippen molar-refractivity contribution in [2.24, 2.45) is 0 Å². The van der Waals surface area contributed by atoms with E-state index in [-0.39, 0.29) is 28.9 Å². The molecule has 10 nitrogen and oxygen atoms in total. The Morgan fingerprint density at radius 2 is 1.33 bits per heavy atom. The predicted molar refractivity (Wildman–Crippen MR) is 103 cm³/mol. The van der Waals surface area contributed by atoms with Crippen LogP contribution in [0.25, 0.3) is 0 Å². The van der Waals surface area contributed by atoms with Gasteiger partial charge in [0.2, 0.25) is 0 Å². The van der Waals surface area contributed by atoms with Crippen LogP contribution in [0.5, 0.6) is 0 Å². The third-order valence-corrected chi connectivity index (χ3v) is 3.68. The summed E-state index contributed by atoms with van der Waals surface area (Å²) in [6, 6.07) is 3.73. The van der Waals surface area contributed by atoms with E-state index in [9.17, 15) is 9.59 Å². The largest absolute Gasteiger partial charge is 0.475 e. The van der Waals surface area contributed by atoms with E-state index in [0.717, 1.165) is 0 Å². The van der Waals surface area contributed by atoms with Gasteiger partial charge in [0.25, 0.3) is 11.5 Å². The lowest BCUT2D eigenvalue weighted by atomic mass is 9.89. The molecule has 1 N–H and O–H groups in total. The van der Waals surface area contributed by atoms with Gasteiger partial charge in [-0.3, -0.25) is 0 Å². The number of ether oxygens (including phenoxy) is 1. The van der Waals surface area contributed by atoms with Gasteiger partial charge in [0.1, 0.15) is 34.7 Å². The second-order valence-electron chi connectivity index (χ2n) is 8.22. The summed E-state index contributed by atoms with van der Waals surface area (Å²) >= 11 is 0. The van der Waals surface area contributed by atoms with Gasteiger partial charge in [-0.25, -0.2) is 9.59 Å². The van der Waals surface area contributed by atoms with Crippen LogP contribution in [0.1, 0.15) is 92.1 Å². The summed E-state index contributed by atoms with van der Waals surface area (Å²) in [5.41, 5.74) is 0.257. The Balaban J connectivity index is 0.000000303. The molecule has 0 aromatic carbocycles. The van der Waals surface area contributed by atoms with Gasteiger partial charge in [-0.15, -0.1) is 0 Å². The first kappa shape index (κ1) is 24.4. The fourth-order valence-corrected chi connectivity index (χ4v) is 2.29. The van der Waals surface area contributed by atoms with Crippen LogP contribution < -0.4 is 0 Å². The first-order valence-corrected chi connectivity index (χ1v) is 9.00. The molecule has 0 amide bonds. The molecule has 2 aromatic heterocycles. The number of hydrogen-bond donors (Lipinski definition) is 1. The summed E-state index contributed by atoms with van der Waals surface area (Å²) in [6.07, 6.45) is 0. The quantitative estimate of drug-likeness (QED) is 0.731. The molecule has 0 unspecified atom stereocenters. The first-order chi connectivity index (χ1) is 13.8. The number of carbonyl (C=O) groups is 2. The van der Waals surface area contributed by atoms with E-state index in [2.05, 4.69) is 14.8 Å². The fraction of sp³-hybridized carbons (Fsp3) is 0.500. The van der Waals surface area contributed by atoms with E-state index >= 15 is 0 Å². The lowest BCUT2D eigenvalue weighted by molar-refractivity contribution is 0.0478. The highest BCUT2D eigenvalue weighted by Gasteiger charge is 2.30. The highest BCUT2D eigenvalue weighted by Crippen LogP contribution is 2.27. The third-order valence-electron chi connectivity index (χ3n) is 3.68. The molecule has 0 saturated heterocycles. The summed E-state index contributed by atoms with van der Waals surface area (Å²) in [7, 11) is 0. The third kappa shape index (κ3) is 5.45. The molecule has 2 heterocycles. The monoisotopic (exact) mass is 416 g/mol. The minimum absolute atomic E-state index is 0.00463. The maximum Gasteiger partial charge on any atom is 0.378 e. The smallest absolute Gasteiger partial charge is 0.378 e. The molecule has 2 aromatic rings. The van der Waals surface area contributed by atoms with E-state index in [1.165, 1.54) is 0 Å². The minimum Gasteiger partial charge on any atom is -0.475 e. The van der Waals surface area contributed by atoms with Gasteiger partial charge in [0, 0.05) is 10.8 Å². The molecule has 2 rings (SSSR count). The van der Waals surface area contributed by atoms with Gasteiger partial charge in [-0.1, -0.05) is 51.9 Å². The molecule has 0 fully saturated rings. The van der Waals surface area contributed by atoms with Crippen molar-refractivity contribution >= 4 is 11.9 Å². The van der Waals surface area contributed by atoms with Crippen molar-refractivity contribution < 1.29 is 28.5 Å². The van der Waals surface area contributed by atoms with Crippen molar-refractivity contribution in [1.82, 2.24) is 10.3 Å². The highest BCUT2D eigenvalue weighted by atomic mass is 16.6. The molecule has 0 atom stereocenters. The molecule has 10 heteroatoms. The topological polar surface area (TPSA) is 163 Å². The average Bonchev–Trinajstić information content (AvgIpc) is 3.25. The fourth-order valence-electron chi connectivity index (χ4n) is 2.29. The maximum absolute atomic E-state index is 11.5. The number of esters is 1. The molecule has 0 aliphatic carbocycles. The predicted octanol–water partition coefficient (Wildman–Crippen LogP) is 3.56. The maximum atomic E-state index is 11.5. The van der Waals surface area contributed by atoms with Gasteiger partial charge >= 0.3 is 11.9 Å². The van der Waals surface area contributed by atoms with Gasteiger partial charge < -0.3 is 18.9 Å². The average molecular weight is 416 g/mol. The van der Waals surface area contributed by atoms with Crippen LogP contribution in [0.15, 0.2) is 9.05 Å². The van der Waals surface area contributed by atoms with Gasteiger partial charge in [0.05, 0.1) is 6.61 Å². The van der Waals surface area contributed by atoms with Crippen molar-refractivity contribution in [3.05, 3.63) is 34.0 Å². The lowest BCUT2D eigenvalue weighted by Crippen LogP contribution is -2.14. The number of carbonyl (C=O) groups excluding carboxylic acids is 1. The van der Waals surface area contributed by atoms with Gasteiger partial charge in [-0.2, -0.15) is 10.5 Å². The summed E-state index contributed by atoms with van der Waals surface area (Å²) in [5.74, 6) is -2.43. The van der Waals surface area contributed by atoms with Crippen molar-refractivity contribution in [2.75, 3.05) is 6.61 Å². The number of nitrogens with zero attached hydrogens (tertiary/aromatic N) is 4. The molecule has 0 saturated carbocycles. The SMILES string of the molecule is CC(C)(C)c1noc(C(=O)O)c1C#N.CCOC(=O)c1onc(C(C)(C)C)c1C#N. The molecule has 0 spiro atoms. The Labute approximate surface area is 174 Å². The zero-order valence-corrected chi connectivity index (χ0v) is 18.0. The van der Waals surface area contributed by atoms with Crippen molar-refractivity contribution in [3.63, 3.8) is 0 Å². The molecular formula is C20H24N4O6. The Kier molecular flexibility index (Phi) is 7.50. The second-order valence-corrected chi connectivity index (χ2v) is 8.22. The van der Waals surface area contributed by atoms with Crippen LogP contribution in [0, 0.1) is 22.7 Å². The van der Waals surface area contributed by atoms with E-state index in [0.29, 0.717) is 11.4 Å². The number of hydrogen-bond acceptors (Lipinski definition) is 9. The normalized spacial score (nSPS) is 11.0. The summed E-state index contributed by atoms with van der Waals surface area (Å²) in [5, 5.41) is 33.9. The van der Waals surface area contributed by atoms with E-state index < -0.39 is 23.1 Å². The Bertz CT molecular complexity index is 1010. The Morgan fingerprint density at radius 3 is 1.67 bits per heavy atom. The number of aromatic carboxylic acids is 1. The summed E-state index contributed by atoms with van der Waals surface area (Å²) in [4.78, 5) is 22.1. The van der Waals surface area contributed by atoms with Crippen LogP contribution in [0.3, 0.4) is 0 Å². The molecule has 0 aliphatic rings. The molecular weight excluding hydrogens is 392 g/mol. The molecule has 0 aliphatic heterocycles. The lowest BCUT2D eigenvalue weighted by Gasteiger charge is -2.13. The van der Waals surface area contributed by atoms with Crippen LogP contribution in [0.2, 0.25) is 0 Å². The van der Waals surface area contributed by atoms with Crippen LogP contribution in [-0.2, 0) is 15.6 Å². The number of carboxylic acids is 1. The van der Waals surface area contributed by atoms with E-state index in [4.69, 9.17) is 24.9 Å². The zero-order chi connectivity index (χ0) is 23.3. The Hall–Kier alpha value is -3.66. The van der Waals surface area contributed by atoms with Crippen LogP contribution in [-0.4, -0.2) is 34.0 Å².